The number of anilines is 1. The van der Waals surface area contributed by atoms with E-state index in [1.54, 1.807) is 0 Å². The number of hydrogen-bond acceptors (Lipinski definition) is 3. The van der Waals surface area contributed by atoms with Gasteiger partial charge in [0.2, 0.25) is 0 Å². The highest BCUT2D eigenvalue weighted by atomic mass is 16.3. The normalized spacial score (nSPS) is 18.7. The van der Waals surface area contributed by atoms with E-state index in [1.807, 2.05) is 12.4 Å². The highest BCUT2D eigenvalue weighted by molar-refractivity contribution is 5.85. The van der Waals surface area contributed by atoms with Crippen LogP contribution in [0.5, 0.6) is 5.75 Å². The minimum Gasteiger partial charge on any atom is -0.508 e. The molecule has 30 heavy (non-hydrogen) atoms. The van der Waals surface area contributed by atoms with Crippen molar-refractivity contribution in [3.63, 3.8) is 0 Å². The van der Waals surface area contributed by atoms with Crippen molar-refractivity contribution in [3.05, 3.63) is 58.7 Å². The summed E-state index contributed by atoms with van der Waals surface area (Å²) in [6.07, 6.45) is 6.61. The van der Waals surface area contributed by atoms with Crippen molar-refractivity contribution in [1.82, 2.24) is 0 Å². The monoisotopic (exact) mass is 404 g/mol. The Morgan fingerprint density at radius 3 is 2.37 bits per heavy atom. The first-order valence-electron chi connectivity index (χ1n) is 11.5. The van der Waals surface area contributed by atoms with Crippen molar-refractivity contribution in [3.8, 4) is 5.75 Å². The van der Waals surface area contributed by atoms with Gasteiger partial charge in [0.1, 0.15) is 11.8 Å². The van der Waals surface area contributed by atoms with Crippen molar-refractivity contribution in [1.29, 1.82) is 0 Å². The van der Waals surface area contributed by atoms with E-state index in [0.717, 1.165) is 24.9 Å². The predicted molar refractivity (Wildman–Crippen MR) is 127 cm³/mol. The molecule has 1 N–H and O–H groups in total. The van der Waals surface area contributed by atoms with Gasteiger partial charge in [0.25, 0.3) is 0 Å². The third kappa shape index (κ3) is 4.55. The molecule has 0 aromatic heterocycles. The molecule has 0 saturated heterocycles. The number of aromatic hydroxyl groups is 1. The zero-order chi connectivity index (χ0) is 21.5. The molecule has 160 valence electrons. The molecule has 4 rings (SSSR count). The van der Waals surface area contributed by atoms with Gasteiger partial charge in [-0.1, -0.05) is 58.9 Å². The zero-order valence-electron chi connectivity index (χ0n) is 19.2. The van der Waals surface area contributed by atoms with Crippen molar-refractivity contribution in [2.45, 2.75) is 72.3 Å². The summed E-state index contributed by atoms with van der Waals surface area (Å²) in [4.78, 5) is 7.30. The van der Waals surface area contributed by atoms with Crippen LogP contribution in [-0.2, 0) is 6.42 Å². The first-order chi connectivity index (χ1) is 14.2. The van der Waals surface area contributed by atoms with Crippen LogP contribution in [0.4, 0.5) is 5.69 Å². The Hall–Kier alpha value is -2.29. The summed E-state index contributed by atoms with van der Waals surface area (Å²) < 4.78 is 0. The van der Waals surface area contributed by atoms with Gasteiger partial charge in [-0.25, -0.2) is 0 Å². The number of hydrogen-bond donors (Lipinski definition) is 1. The second-order valence-electron chi connectivity index (χ2n) is 10.6. The quantitative estimate of drug-likeness (QED) is 0.572. The fraction of sp³-hybridized carbons (Fsp3) is 0.519. The Labute approximate surface area is 181 Å². The minimum atomic E-state index is -0.0482. The fourth-order valence-corrected chi connectivity index (χ4v) is 4.26. The van der Waals surface area contributed by atoms with Crippen LogP contribution in [0.2, 0.25) is 0 Å². The molecule has 0 amide bonds. The predicted octanol–water partition coefficient (Wildman–Crippen LogP) is 6.84. The van der Waals surface area contributed by atoms with Gasteiger partial charge in [0.05, 0.1) is 6.34 Å². The first-order valence-corrected chi connectivity index (χ1v) is 11.5. The summed E-state index contributed by atoms with van der Waals surface area (Å²) in [5, 5.41) is 10.8. The molecule has 1 aliphatic carbocycles. The Bertz CT molecular complexity index is 917. The molecule has 2 aromatic carbocycles. The second-order valence-corrected chi connectivity index (χ2v) is 10.6. The van der Waals surface area contributed by atoms with Crippen LogP contribution in [0.3, 0.4) is 0 Å². The van der Waals surface area contributed by atoms with Crippen LogP contribution in [0.25, 0.3) is 0 Å². The Balaban J connectivity index is 1.75. The molecule has 0 radical (unpaired) electrons. The SMILES string of the molecule is CC(C)c1ccc(C2N=CN(CCC(C)(C)C)c3ccc(O)c(CC4CC4)c32)cc1. The fourth-order valence-electron chi connectivity index (χ4n) is 4.26. The van der Waals surface area contributed by atoms with E-state index in [2.05, 4.69) is 69.9 Å². The van der Waals surface area contributed by atoms with Crippen LogP contribution in [-0.4, -0.2) is 18.0 Å². The number of aliphatic imine (C=N–C) groups is 1. The molecule has 3 nitrogen and oxygen atoms in total. The zero-order valence-corrected chi connectivity index (χ0v) is 19.2. The van der Waals surface area contributed by atoms with Gasteiger partial charge in [0.15, 0.2) is 0 Å². The van der Waals surface area contributed by atoms with E-state index in [-0.39, 0.29) is 11.5 Å². The van der Waals surface area contributed by atoms with Crippen LogP contribution in [0.1, 0.15) is 88.1 Å². The molecule has 1 heterocycles. The third-order valence-electron chi connectivity index (χ3n) is 6.46. The Kier molecular flexibility index (Phi) is 5.65. The van der Waals surface area contributed by atoms with Gasteiger partial charge in [-0.15, -0.1) is 0 Å². The summed E-state index contributed by atoms with van der Waals surface area (Å²) in [5.74, 6) is 1.65. The maximum absolute atomic E-state index is 10.8. The van der Waals surface area contributed by atoms with Crippen LogP contribution in [0.15, 0.2) is 41.4 Å². The number of benzene rings is 2. The molecule has 1 fully saturated rings. The molecule has 1 aliphatic heterocycles. The highest BCUT2D eigenvalue weighted by Crippen LogP contribution is 2.45. The van der Waals surface area contributed by atoms with Gasteiger partial charge in [-0.2, -0.15) is 0 Å². The van der Waals surface area contributed by atoms with E-state index < -0.39 is 0 Å². The smallest absolute Gasteiger partial charge is 0.119 e. The molecule has 1 saturated carbocycles. The average Bonchev–Trinajstić information content (AvgIpc) is 3.52. The summed E-state index contributed by atoms with van der Waals surface area (Å²) in [7, 11) is 0. The lowest BCUT2D eigenvalue weighted by Gasteiger charge is -2.34. The largest absolute Gasteiger partial charge is 0.508 e. The molecule has 0 spiro atoms. The maximum atomic E-state index is 10.8. The van der Waals surface area contributed by atoms with Gasteiger partial charge in [-0.05, 0) is 66.2 Å². The number of phenolic OH excluding ortho intramolecular Hbond substituents is 1. The lowest BCUT2D eigenvalue weighted by molar-refractivity contribution is 0.384. The lowest BCUT2D eigenvalue weighted by atomic mass is 9.87. The van der Waals surface area contributed by atoms with Crippen LogP contribution in [0, 0.1) is 11.3 Å². The van der Waals surface area contributed by atoms with E-state index >= 15 is 0 Å². The highest BCUT2D eigenvalue weighted by Gasteiger charge is 2.32. The van der Waals surface area contributed by atoms with Crippen molar-refractivity contribution in [2.75, 3.05) is 11.4 Å². The molecule has 1 atom stereocenters. The summed E-state index contributed by atoms with van der Waals surface area (Å²) >= 11 is 0. The van der Waals surface area contributed by atoms with Gasteiger partial charge in [-0.3, -0.25) is 4.99 Å². The van der Waals surface area contributed by atoms with Crippen LogP contribution < -0.4 is 4.90 Å². The van der Waals surface area contributed by atoms with Gasteiger partial charge in [0, 0.05) is 23.4 Å². The molecule has 1 unspecified atom stereocenters. The molecule has 2 aromatic rings. The topological polar surface area (TPSA) is 35.8 Å². The first kappa shape index (κ1) is 21.0. The van der Waals surface area contributed by atoms with Gasteiger partial charge < -0.3 is 10.0 Å². The molecule has 3 heteroatoms. The van der Waals surface area contributed by atoms with Crippen LogP contribution >= 0.6 is 0 Å². The maximum Gasteiger partial charge on any atom is 0.119 e. The summed E-state index contributed by atoms with van der Waals surface area (Å²) in [5.41, 5.74) is 6.34. The molecular weight excluding hydrogens is 368 g/mol. The van der Waals surface area contributed by atoms with E-state index in [0.29, 0.717) is 17.6 Å². The molecule has 2 aliphatic rings. The minimum absolute atomic E-state index is 0.0482. The molecule has 0 bridgehead atoms. The van der Waals surface area contributed by atoms with E-state index in [9.17, 15) is 5.11 Å². The summed E-state index contributed by atoms with van der Waals surface area (Å²) in [6.45, 7) is 12.2. The van der Waals surface area contributed by atoms with Crippen molar-refractivity contribution < 1.29 is 5.11 Å². The Morgan fingerprint density at radius 1 is 1.07 bits per heavy atom. The number of phenols is 1. The molecular formula is C27H36N2O. The van der Waals surface area contributed by atoms with Crippen molar-refractivity contribution in [2.24, 2.45) is 16.3 Å². The Morgan fingerprint density at radius 2 is 1.77 bits per heavy atom. The second kappa shape index (κ2) is 8.09. The average molecular weight is 405 g/mol. The number of fused-ring (bicyclic) bond motifs is 1. The number of nitrogens with zero attached hydrogens (tertiary/aromatic N) is 2. The third-order valence-corrected chi connectivity index (χ3v) is 6.46. The van der Waals surface area contributed by atoms with Crippen molar-refractivity contribution >= 4 is 12.0 Å². The van der Waals surface area contributed by atoms with E-state index in [4.69, 9.17) is 4.99 Å². The standard InChI is InChI=1S/C27H36N2O/c1-18(2)20-8-10-21(11-9-20)26-25-22(16-19-6-7-19)24(30)13-12-23(25)29(17-28-26)15-14-27(3,4)5/h8-13,17-19,26,30H,6-7,14-16H2,1-5H3. The summed E-state index contributed by atoms with van der Waals surface area (Å²) in [6, 6.07) is 12.8. The van der Waals surface area contributed by atoms with Gasteiger partial charge >= 0.3 is 0 Å². The van der Waals surface area contributed by atoms with E-state index in [1.165, 1.54) is 35.2 Å². The lowest BCUT2D eigenvalue weighted by Crippen LogP contribution is -2.31. The number of rotatable bonds is 6.